The van der Waals surface area contributed by atoms with Crippen LogP contribution in [0.4, 0.5) is 0 Å². The molecule has 0 fully saturated rings. The monoisotopic (exact) mass is 443 g/mol. The van der Waals surface area contributed by atoms with Crippen LogP contribution in [-0.2, 0) is 10.1 Å². The molecule has 4 aromatic rings. The van der Waals surface area contributed by atoms with Gasteiger partial charge in [-0.15, -0.1) is 0 Å². The number of rotatable bonds is 4. The minimum absolute atomic E-state index is 0.0493. The molecule has 0 saturated heterocycles. The number of benzene rings is 2. The van der Waals surface area contributed by atoms with E-state index >= 15 is 0 Å². The van der Waals surface area contributed by atoms with E-state index in [-0.39, 0.29) is 10.6 Å². The van der Waals surface area contributed by atoms with Gasteiger partial charge in [-0.05, 0) is 52.7 Å². The average molecular weight is 444 g/mol. The first-order valence-corrected chi connectivity index (χ1v) is 10.3. The Hall–Kier alpha value is -2.64. The highest BCUT2D eigenvalue weighted by Gasteiger charge is 2.23. The van der Waals surface area contributed by atoms with E-state index in [4.69, 9.17) is 8.60 Å². The molecule has 136 valence electrons. The number of aryl methyl sites for hydroxylation is 1. The molecule has 0 N–H and O–H groups in total. The summed E-state index contributed by atoms with van der Waals surface area (Å²) in [6, 6.07) is 15.2. The fourth-order valence-electron chi connectivity index (χ4n) is 2.74. The van der Waals surface area contributed by atoms with Crippen LogP contribution in [0.3, 0.4) is 0 Å². The predicted octanol–water partition coefficient (Wildman–Crippen LogP) is 5.33. The normalized spacial score (nSPS) is 11.6. The highest BCUT2D eigenvalue weighted by atomic mass is 79.9. The molecule has 0 atom stereocenters. The van der Waals surface area contributed by atoms with Crippen LogP contribution in [0, 0.1) is 6.92 Å². The number of fused-ring (bicyclic) bond motifs is 1. The summed E-state index contributed by atoms with van der Waals surface area (Å²) >= 11 is 3.52. The Labute approximate surface area is 164 Å². The van der Waals surface area contributed by atoms with Gasteiger partial charge in [-0.25, -0.2) is 4.98 Å². The molecule has 4 rings (SSSR count). The fraction of sp³-hybridized carbons (Fsp3) is 0.0500. The van der Waals surface area contributed by atoms with Crippen molar-refractivity contribution in [3.63, 3.8) is 0 Å². The second-order valence-corrected chi connectivity index (χ2v) is 8.27. The van der Waals surface area contributed by atoms with Crippen molar-refractivity contribution in [3.05, 3.63) is 77.2 Å². The molecule has 0 saturated carbocycles. The molecule has 7 heteroatoms. The first kappa shape index (κ1) is 17.8. The number of pyridine rings is 1. The maximum atomic E-state index is 13.0. The van der Waals surface area contributed by atoms with E-state index in [0.717, 1.165) is 10.0 Å². The molecule has 0 spiro atoms. The van der Waals surface area contributed by atoms with Gasteiger partial charge in [0.05, 0.1) is 23.7 Å². The number of aromatic nitrogens is 1. The number of furan rings is 1. The number of hydrogen-bond acceptors (Lipinski definition) is 5. The van der Waals surface area contributed by atoms with Gasteiger partial charge < -0.3 is 8.60 Å². The first-order chi connectivity index (χ1) is 13.0. The van der Waals surface area contributed by atoms with Crippen LogP contribution in [0.5, 0.6) is 5.75 Å². The van der Waals surface area contributed by atoms with Crippen LogP contribution in [0.2, 0.25) is 0 Å². The van der Waals surface area contributed by atoms with E-state index in [9.17, 15) is 8.42 Å². The summed E-state index contributed by atoms with van der Waals surface area (Å²) in [6.45, 7) is 1.92. The van der Waals surface area contributed by atoms with Gasteiger partial charge >= 0.3 is 10.1 Å². The number of para-hydroxylation sites is 1. The van der Waals surface area contributed by atoms with Gasteiger partial charge in [-0.3, -0.25) is 0 Å². The number of nitrogens with zero attached hydrogens (tertiary/aromatic N) is 1. The summed E-state index contributed by atoms with van der Waals surface area (Å²) < 4.78 is 37.3. The summed E-state index contributed by atoms with van der Waals surface area (Å²) in [5.74, 6) is 0.249. The molecule has 5 nitrogen and oxygen atoms in total. The number of hydrogen-bond donors (Lipinski definition) is 0. The van der Waals surface area contributed by atoms with Crippen molar-refractivity contribution in [2.24, 2.45) is 0 Å². The minimum atomic E-state index is -4.07. The first-order valence-electron chi connectivity index (χ1n) is 8.08. The summed E-state index contributed by atoms with van der Waals surface area (Å²) in [6.07, 6.45) is 3.04. The average Bonchev–Trinajstić information content (AvgIpc) is 3.19. The molecule has 27 heavy (non-hydrogen) atoms. The summed E-state index contributed by atoms with van der Waals surface area (Å²) in [5, 5.41) is 0.482. The number of halogens is 1. The Morgan fingerprint density at radius 3 is 2.56 bits per heavy atom. The molecule has 0 amide bonds. The molecule has 2 heterocycles. The van der Waals surface area contributed by atoms with Crippen molar-refractivity contribution < 1.29 is 17.0 Å². The lowest BCUT2D eigenvalue weighted by Crippen LogP contribution is -2.11. The second kappa shape index (κ2) is 6.83. The van der Waals surface area contributed by atoms with E-state index in [1.807, 2.05) is 13.0 Å². The lowest BCUT2D eigenvalue weighted by molar-refractivity contribution is 0.487. The van der Waals surface area contributed by atoms with Crippen LogP contribution >= 0.6 is 15.9 Å². The summed E-state index contributed by atoms with van der Waals surface area (Å²) in [5.41, 5.74) is 2.66. The smallest absolute Gasteiger partial charge is 0.339 e. The topological polar surface area (TPSA) is 69.4 Å². The lowest BCUT2D eigenvalue weighted by Gasteiger charge is -2.13. The maximum absolute atomic E-state index is 13.0. The van der Waals surface area contributed by atoms with Gasteiger partial charge in [0.2, 0.25) is 0 Å². The molecule has 0 aliphatic heterocycles. The van der Waals surface area contributed by atoms with Crippen LogP contribution in [0.15, 0.2) is 80.9 Å². The summed E-state index contributed by atoms with van der Waals surface area (Å²) in [4.78, 5) is 4.68. The van der Waals surface area contributed by atoms with Gasteiger partial charge in [0.1, 0.15) is 10.6 Å². The second-order valence-electron chi connectivity index (χ2n) is 5.96. The Morgan fingerprint density at radius 2 is 1.85 bits per heavy atom. The zero-order valence-corrected chi connectivity index (χ0v) is 16.6. The molecule has 0 unspecified atom stereocenters. The van der Waals surface area contributed by atoms with E-state index < -0.39 is 10.1 Å². The van der Waals surface area contributed by atoms with E-state index in [2.05, 4.69) is 20.9 Å². The van der Waals surface area contributed by atoms with E-state index in [1.165, 1.54) is 18.6 Å². The Balaban J connectivity index is 1.97. The molecule has 0 bridgehead atoms. The molecular weight excluding hydrogens is 430 g/mol. The zero-order chi connectivity index (χ0) is 19.0. The third-order valence-corrected chi connectivity index (χ3v) is 6.40. The molecular formula is C20H14BrNO4S. The zero-order valence-electron chi connectivity index (χ0n) is 14.2. The quantitative estimate of drug-likeness (QED) is 0.398. The van der Waals surface area contributed by atoms with Crippen molar-refractivity contribution in [2.75, 3.05) is 0 Å². The Kier molecular flexibility index (Phi) is 4.49. The van der Waals surface area contributed by atoms with Crippen molar-refractivity contribution in [3.8, 4) is 17.0 Å². The van der Waals surface area contributed by atoms with Crippen LogP contribution in [-0.4, -0.2) is 13.4 Å². The maximum Gasteiger partial charge on any atom is 0.339 e. The Morgan fingerprint density at radius 1 is 1.07 bits per heavy atom. The molecule has 2 aromatic carbocycles. The summed E-state index contributed by atoms with van der Waals surface area (Å²) in [7, 11) is -4.07. The minimum Gasteiger partial charge on any atom is -0.472 e. The van der Waals surface area contributed by atoms with Crippen molar-refractivity contribution in [2.45, 2.75) is 11.8 Å². The third-order valence-electron chi connectivity index (χ3n) is 4.11. The van der Waals surface area contributed by atoms with Crippen molar-refractivity contribution in [1.29, 1.82) is 0 Å². The molecule has 0 aliphatic carbocycles. The standard InChI is InChI=1S/C20H14BrNO4S/c1-13-7-8-16-18(27(23,24)26-15-5-3-2-4-6-15)11-17(14-9-10-25-12-14)22-20(16)19(13)21/h2-12H,1H3. The van der Waals surface area contributed by atoms with Gasteiger partial charge in [0.15, 0.2) is 0 Å². The van der Waals surface area contributed by atoms with Gasteiger partial charge in [-0.1, -0.05) is 30.3 Å². The lowest BCUT2D eigenvalue weighted by atomic mass is 10.1. The Bertz CT molecular complexity index is 1220. The van der Waals surface area contributed by atoms with Gasteiger partial charge in [0.25, 0.3) is 0 Å². The van der Waals surface area contributed by atoms with Gasteiger partial charge in [-0.2, -0.15) is 8.42 Å². The largest absolute Gasteiger partial charge is 0.472 e. The molecule has 0 aliphatic rings. The van der Waals surface area contributed by atoms with E-state index in [0.29, 0.717) is 22.2 Å². The van der Waals surface area contributed by atoms with Gasteiger partial charge in [0, 0.05) is 15.4 Å². The van der Waals surface area contributed by atoms with Crippen LogP contribution in [0.1, 0.15) is 5.56 Å². The fourth-order valence-corrected chi connectivity index (χ4v) is 4.32. The van der Waals surface area contributed by atoms with E-state index in [1.54, 1.807) is 42.5 Å². The van der Waals surface area contributed by atoms with Crippen molar-refractivity contribution in [1.82, 2.24) is 4.98 Å². The SMILES string of the molecule is Cc1ccc2c(S(=O)(=O)Oc3ccccc3)cc(-c3ccoc3)nc2c1Br. The molecule has 2 aromatic heterocycles. The van der Waals surface area contributed by atoms with Crippen LogP contribution < -0.4 is 4.18 Å². The highest BCUT2D eigenvalue weighted by molar-refractivity contribution is 9.10. The third kappa shape index (κ3) is 3.36. The molecule has 0 radical (unpaired) electrons. The highest BCUT2D eigenvalue weighted by Crippen LogP contribution is 2.34. The van der Waals surface area contributed by atoms with Crippen LogP contribution in [0.25, 0.3) is 22.2 Å². The predicted molar refractivity (Wildman–Crippen MR) is 106 cm³/mol. The van der Waals surface area contributed by atoms with Crippen molar-refractivity contribution >= 4 is 37.0 Å².